The number of carbonyl (C=O) groups is 1. The molecule has 2 aromatic rings. The van der Waals surface area contributed by atoms with E-state index >= 15 is 0 Å². The monoisotopic (exact) mass is 325 g/mol. The molecule has 0 spiro atoms. The number of nitrogens with zero attached hydrogens (tertiary/aromatic N) is 2. The van der Waals surface area contributed by atoms with Crippen molar-refractivity contribution in [3.05, 3.63) is 41.2 Å². The van der Waals surface area contributed by atoms with E-state index in [4.69, 9.17) is 9.47 Å². The first kappa shape index (κ1) is 13.9. The topological polar surface area (TPSA) is 67.5 Å². The minimum absolute atomic E-state index is 0.00176. The fourth-order valence-corrected chi connectivity index (χ4v) is 3.54. The molecule has 24 heavy (non-hydrogen) atoms. The number of H-pyrrole nitrogens is 1. The highest BCUT2D eigenvalue weighted by Crippen LogP contribution is 2.42. The number of fused-ring (bicyclic) bond motifs is 2. The number of ether oxygens (including phenoxy) is 2. The van der Waals surface area contributed by atoms with Crippen LogP contribution in [0.25, 0.3) is 0 Å². The summed E-state index contributed by atoms with van der Waals surface area (Å²) in [4.78, 5) is 14.8. The molecule has 1 atom stereocenters. The first-order chi connectivity index (χ1) is 11.8. The Kier molecular flexibility index (Phi) is 3.04. The second-order valence-corrected chi connectivity index (χ2v) is 6.71. The van der Waals surface area contributed by atoms with Gasteiger partial charge in [-0.05, 0) is 25.0 Å². The Morgan fingerprint density at radius 1 is 1.25 bits per heavy atom. The molecule has 6 nitrogen and oxygen atoms in total. The fraction of sp³-hybridized carbons (Fsp3) is 0.444. The van der Waals surface area contributed by atoms with Crippen LogP contribution in [0.4, 0.5) is 0 Å². The molecule has 1 aliphatic carbocycles. The number of hydrogen-bond donors (Lipinski definition) is 1. The normalized spacial score (nSPS) is 22.2. The Morgan fingerprint density at radius 2 is 2.08 bits per heavy atom. The average molecular weight is 325 g/mol. The van der Waals surface area contributed by atoms with Crippen molar-refractivity contribution in [2.24, 2.45) is 0 Å². The number of nitrogens with one attached hydrogen (secondary N) is 1. The lowest BCUT2D eigenvalue weighted by molar-refractivity contribution is -0.142. The summed E-state index contributed by atoms with van der Waals surface area (Å²) in [5.41, 5.74) is 3.56. The highest BCUT2D eigenvalue weighted by Gasteiger charge is 2.36. The molecule has 1 N–H and O–H groups in total. The molecule has 3 heterocycles. The van der Waals surface area contributed by atoms with E-state index in [1.165, 1.54) is 24.1 Å². The second kappa shape index (κ2) is 5.26. The van der Waals surface area contributed by atoms with Gasteiger partial charge in [-0.15, -0.1) is 0 Å². The Labute approximate surface area is 139 Å². The zero-order valence-corrected chi connectivity index (χ0v) is 13.3. The molecule has 0 saturated heterocycles. The van der Waals surface area contributed by atoms with E-state index in [1.807, 2.05) is 29.2 Å². The van der Waals surface area contributed by atoms with E-state index in [0.717, 1.165) is 12.1 Å². The number of aromatic amines is 1. The van der Waals surface area contributed by atoms with E-state index < -0.39 is 6.10 Å². The lowest BCUT2D eigenvalue weighted by Gasteiger charge is -2.32. The lowest BCUT2D eigenvalue weighted by atomic mass is 10.0. The van der Waals surface area contributed by atoms with Crippen LogP contribution in [-0.2, 0) is 17.8 Å². The third-order valence-electron chi connectivity index (χ3n) is 5.03. The smallest absolute Gasteiger partial charge is 0.267 e. The van der Waals surface area contributed by atoms with Gasteiger partial charge in [-0.1, -0.05) is 12.1 Å². The van der Waals surface area contributed by atoms with Crippen molar-refractivity contribution < 1.29 is 14.3 Å². The van der Waals surface area contributed by atoms with Crippen LogP contribution in [0.5, 0.6) is 11.5 Å². The van der Waals surface area contributed by atoms with Crippen LogP contribution in [0, 0.1) is 0 Å². The first-order valence-electron chi connectivity index (χ1n) is 8.53. The molecule has 1 aromatic heterocycles. The summed E-state index contributed by atoms with van der Waals surface area (Å²) in [7, 11) is 0. The number of hydrogen-bond acceptors (Lipinski definition) is 4. The number of amides is 1. The highest BCUT2D eigenvalue weighted by atomic mass is 16.6. The van der Waals surface area contributed by atoms with Gasteiger partial charge in [0.15, 0.2) is 11.5 Å². The van der Waals surface area contributed by atoms with Crippen LogP contribution in [0.3, 0.4) is 0 Å². The van der Waals surface area contributed by atoms with Gasteiger partial charge in [-0.2, -0.15) is 5.10 Å². The van der Waals surface area contributed by atoms with Gasteiger partial charge in [-0.3, -0.25) is 9.89 Å². The predicted octanol–water partition coefficient (Wildman–Crippen LogP) is 2.01. The number of aromatic nitrogens is 2. The largest absolute Gasteiger partial charge is 0.485 e. The minimum atomic E-state index is -0.572. The minimum Gasteiger partial charge on any atom is -0.485 e. The lowest BCUT2D eigenvalue weighted by Crippen LogP contribution is -2.48. The van der Waals surface area contributed by atoms with Crippen molar-refractivity contribution in [2.45, 2.75) is 37.8 Å². The number of para-hydroxylation sites is 2. The quantitative estimate of drug-likeness (QED) is 0.917. The van der Waals surface area contributed by atoms with Crippen molar-refractivity contribution in [3.8, 4) is 11.5 Å². The Hall–Kier alpha value is -2.50. The summed E-state index contributed by atoms with van der Waals surface area (Å²) in [6.45, 7) is 1.58. The van der Waals surface area contributed by atoms with Gasteiger partial charge in [-0.25, -0.2) is 0 Å². The molecule has 1 saturated carbocycles. The molecule has 1 amide bonds. The molecule has 6 heteroatoms. The molecule has 1 unspecified atom stereocenters. The van der Waals surface area contributed by atoms with Gasteiger partial charge in [0.1, 0.15) is 6.61 Å². The van der Waals surface area contributed by atoms with Gasteiger partial charge in [0, 0.05) is 36.7 Å². The zero-order valence-electron chi connectivity index (χ0n) is 13.3. The zero-order chi connectivity index (χ0) is 16.1. The fourth-order valence-electron chi connectivity index (χ4n) is 3.54. The summed E-state index contributed by atoms with van der Waals surface area (Å²) in [5.74, 6) is 1.93. The van der Waals surface area contributed by atoms with Crippen molar-refractivity contribution in [1.82, 2.24) is 15.1 Å². The van der Waals surface area contributed by atoms with Crippen LogP contribution in [0.1, 0.15) is 35.7 Å². The van der Waals surface area contributed by atoms with Gasteiger partial charge < -0.3 is 14.4 Å². The van der Waals surface area contributed by atoms with Crippen LogP contribution in [-0.4, -0.2) is 40.3 Å². The van der Waals surface area contributed by atoms with Gasteiger partial charge >= 0.3 is 0 Å². The second-order valence-electron chi connectivity index (χ2n) is 6.71. The van der Waals surface area contributed by atoms with E-state index in [1.54, 1.807) is 0 Å². The Bertz CT molecular complexity index is 797. The van der Waals surface area contributed by atoms with Crippen LogP contribution >= 0.6 is 0 Å². The van der Waals surface area contributed by atoms with Crippen molar-refractivity contribution in [3.63, 3.8) is 0 Å². The summed E-state index contributed by atoms with van der Waals surface area (Å²) in [6.07, 6.45) is 2.67. The van der Waals surface area contributed by atoms with Gasteiger partial charge in [0.05, 0.1) is 5.69 Å². The van der Waals surface area contributed by atoms with Gasteiger partial charge in [0.2, 0.25) is 6.10 Å². The van der Waals surface area contributed by atoms with E-state index in [0.29, 0.717) is 30.5 Å². The molecule has 0 bridgehead atoms. The van der Waals surface area contributed by atoms with Crippen LogP contribution in [0.15, 0.2) is 24.3 Å². The summed E-state index contributed by atoms with van der Waals surface area (Å²) in [5, 5.41) is 7.63. The van der Waals surface area contributed by atoms with Crippen molar-refractivity contribution >= 4 is 5.91 Å². The maximum Gasteiger partial charge on any atom is 0.267 e. The summed E-state index contributed by atoms with van der Waals surface area (Å²) >= 11 is 0. The molecule has 1 aromatic carbocycles. The number of carbonyl (C=O) groups excluding carboxylic acids is 1. The average Bonchev–Trinajstić information content (AvgIpc) is 3.39. The SMILES string of the molecule is O=C(C1COc2ccccc2O1)N1CCc2[nH]nc(C3CC3)c2C1. The molecular formula is C18H19N3O3. The Balaban J connectivity index is 1.34. The standard InChI is InChI=1S/C18H19N3O3/c22-18(16-10-23-14-3-1-2-4-15(14)24-16)21-8-7-13-12(9-21)17(20-19-13)11-5-6-11/h1-4,11,16H,5-10H2,(H,19,20). The maximum absolute atomic E-state index is 12.9. The number of rotatable bonds is 2. The molecule has 2 aliphatic heterocycles. The third-order valence-corrected chi connectivity index (χ3v) is 5.03. The number of benzene rings is 1. The molecule has 124 valence electrons. The molecule has 0 radical (unpaired) electrons. The molecule has 3 aliphatic rings. The first-order valence-corrected chi connectivity index (χ1v) is 8.53. The molecular weight excluding hydrogens is 306 g/mol. The molecule has 5 rings (SSSR count). The van der Waals surface area contributed by atoms with Crippen LogP contribution in [0.2, 0.25) is 0 Å². The Morgan fingerprint density at radius 3 is 2.92 bits per heavy atom. The summed E-state index contributed by atoms with van der Waals surface area (Å²) < 4.78 is 11.6. The highest BCUT2D eigenvalue weighted by molar-refractivity contribution is 5.82. The maximum atomic E-state index is 12.9. The summed E-state index contributed by atoms with van der Waals surface area (Å²) in [6, 6.07) is 7.48. The van der Waals surface area contributed by atoms with E-state index in [9.17, 15) is 4.79 Å². The molecule has 1 fully saturated rings. The van der Waals surface area contributed by atoms with Gasteiger partial charge in [0.25, 0.3) is 5.91 Å². The van der Waals surface area contributed by atoms with E-state index in [2.05, 4.69) is 10.2 Å². The predicted molar refractivity (Wildman–Crippen MR) is 86.0 cm³/mol. The van der Waals surface area contributed by atoms with E-state index in [-0.39, 0.29) is 12.5 Å². The van der Waals surface area contributed by atoms with Crippen molar-refractivity contribution in [1.29, 1.82) is 0 Å². The van der Waals surface area contributed by atoms with Crippen molar-refractivity contribution in [2.75, 3.05) is 13.2 Å². The third kappa shape index (κ3) is 2.25. The van der Waals surface area contributed by atoms with Crippen LogP contribution < -0.4 is 9.47 Å².